The van der Waals surface area contributed by atoms with Crippen LogP contribution in [-0.4, -0.2) is 57.7 Å². The molecular formula is C15H21ClN6O. The van der Waals surface area contributed by atoms with Crippen molar-refractivity contribution in [1.29, 1.82) is 0 Å². The van der Waals surface area contributed by atoms with E-state index in [1.54, 1.807) is 4.68 Å². The van der Waals surface area contributed by atoms with Crippen molar-refractivity contribution in [2.45, 2.75) is 12.8 Å². The van der Waals surface area contributed by atoms with Crippen LogP contribution >= 0.6 is 12.4 Å². The van der Waals surface area contributed by atoms with Crippen LogP contribution in [0.4, 0.5) is 0 Å². The number of hydrogen-bond donors (Lipinski definition) is 1. The van der Waals surface area contributed by atoms with Gasteiger partial charge in [0.05, 0.1) is 5.69 Å². The van der Waals surface area contributed by atoms with Gasteiger partial charge in [-0.2, -0.15) is 0 Å². The summed E-state index contributed by atoms with van der Waals surface area (Å²) in [5, 5.41) is 14.3. The Hall–Kier alpha value is -1.99. The van der Waals surface area contributed by atoms with Crippen LogP contribution in [0, 0.1) is 5.92 Å². The summed E-state index contributed by atoms with van der Waals surface area (Å²) < 4.78 is 1.55. The molecule has 23 heavy (non-hydrogen) atoms. The number of carbonyl (C=O) groups excluding carboxylic acids is 1. The van der Waals surface area contributed by atoms with Crippen molar-refractivity contribution in [3.8, 4) is 5.69 Å². The average Bonchev–Trinajstić information content (AvgIpc) is 3.10. The highest BCUT2D eigenvalue weighted by Gasteiger charge is 2.23. The topological polar surface area (TPSA) is 75.9 Å². The number of nitrogens with one attached hydrogen (secondary N) is 1. The number of halogens is 1. The molecule has 3 rings (SSSR count). The molecule has 1 saturated heterocycles. The second-order valence-electron chi connectivity index (χ2n) is 5.60. The molecule has 2 heterocycles. The van der Waals surface area contributed by atoms with Crippen LogP contribution < -0.4 is 5.32 Å². The van der Waals surface area contributed by atoms with Crippen LogP contribution in [0.2, 0.25) is 0 Å². The number of tetrazole rings is 1. The molecule has 0 saturated carbocycles. The number of amides is 1. The Morgan fingerprint density at radius 1 is 1.35 bits per heavy atom. The van der Waals surface area contributed by atoms with Crippen LogP contribution in [0.5, 0.6) is 0 Å². The van der Waals surface area contributed by atoms with Crippen LogP contribution in [0.1, 0.15) is 23.2 Å². The van der Waals surface area contributed by atoms with Gasteiger partial charge in [-0.15, -0.1) is 17.5 Å². The summed E-state index contributed by atoms with van der Waals surface area (Å²) in [6.07, 6.45) is 3.63. The number of rotatable bonds is 4. The summed E-state index contributed by atoms with van der Waals surface area (Å²) >= 11 is 0. The maximum absolute atomic E-state index is 12.6. The van der Waals surface area contributed by atoms with Gasteiger partial charge >= 0.3 is 0 Å². The fraction of sp³-hybridized carbons (Fsp3) is 0.467. The van der Waals surface area contributed by atoms with Gasteiger partial charge in [0.1, 0.15) is 6.33 Å². The maximum atomic E-state index is 12.6. The predicted molar refractivity (Wildman–Crippen MR) is 89.0 cm³/mol. The number of piperidine rings is 1. The van der Waals surface area contributed by atoms with Crippen LogP contribution in [-0.2, 0) is 0 Å². The number of likely N-dealkylation sites (tertiary alicyclic amines) is 1. The molecule has 7 nitrogen and oxygen atoms in total. The minimum absolute atomic E-state index is 0. The van der Waals surface area contributed by atoms with Crippen molar-refractivity contribution in [3.05, 3.63) is 36.2 Å². The molecule has 2 aromatic rings. The lowest BCUT2D eigenvalue weighted by atomic mass is 9.96. The highest BCUT2D eigenvalue weighted by molar-refractivity contribution is 5.94. The van der Waals surface area contributed by atoms with Crippen molar-refractivity contribution in [2.75, 3.05) is 26.7 Å². The fourth-order valence-corrected chi connectivity index (χ4v) is 2.87. The van der Waals surface area contributed by atoms with E-state index in [4.69, 9.17) is 0 Å². The molecule has 1 amide bonds. The van der Waals surface area contributed by atoms with Gasteiger partial charge in [-0.05, 0) is 61.0 Å². The molecule has 1 aromatic carbocycles. The lowest BCUT2D eigenvalue weighted by Crippen LogP contribution is -2.40. The maximum Gasteiger partial charge on any atom is 0.253 e. The average molecular weight is 337 g/mol. The molecule has 0 spiro atoms. The van der Waals surface area contributed by atoms with E-state index in [0.29, 0.717) is 11.5 Å². The van der Waals surface area contributed by atoms with Crippen molar-refractivity contribution >= 4 is 18.3 Å². The molecule has 1 aliphatic heterocycles. The van der Waals surface area contributed by atoms with Crippen molar-refractivity contribution in [3.63, 3.8) is 0 Å². The smallest absolute Gasteiger partial charge is 0.253 e. The fourth-order valence-electron chi connectivity index (χ4n) is 2.87. The number of hydrogen-bond acceptors (Lipinski definition) is 5. The summed E-state index contributed by atoms with van der Waals surface area (Å²) in [5.74, 6) is 0.749. The standard InChI is InChI=1S/C15H20N6O.ClH/c1-16-10-12-5-7-20(8-6-12)15(22)13-3-2-4-14(9-13)21-11-17-18-19-21;/h2-4,9,11-12,16H,5-8,10H2,1H3;1H. The first-order chi connectivity index (χ1) is 10.8. The molecule has 1 fully saturated rings. The first-order valence-corrected chi connectivity index (χ1v) is 7.55. The third-order valence-electron chi connectivity index (χ3n) is 4.10. The number of nitrogens with zero attached hydrogens (tertiary/aromatic N) is 5. The molecular weight excluding hydrogens is 316 g/mol. The molecule has 8 heteroatoms. The highest BCUT2D eigenvalue weighted by Crippen LogP contribution is 2.19. The number of benzene rings is 1. The van der Waals surface area contributed by atoms with E-state index in [0.717, 1.165) is 38.2 Å². The summed E-state index contributed by atoms with van der Waals surface area (Å²) in [4.78, 5) is 14.6. The van der Waals surface area contributed by atoms with Gasteiger partial charge in [-0.1, -0.05) is 6.07 Å². The van der Waals surface area contributed by atoms with Gasteiger partial charge in [-0.25, -0.2) is 4.68 Å². The van der Waals surface area contributed by atoms with Crippen molar-refractivity contribution < 1.29 is 4.79 Å². The molecule has 0 unspecified atom stereocenters. The van der Waals surface area contributed by atoms with E-state index in [1.807, 2.05) is 36.2 Å². The van der Waals surface area contributed by atoms with Gasteiger partial charge < -0.3 is 10.2 Å². The van der Waals surface area contributed by atoms with Crippen LogP contribution in [0.3, 0.4) is 0 Å². The minimum Gasteiger partial charge on any atom is -0.339 e. The number of carbonyl (C=O) groups is 1. The minimum atomic E-state index is 0. The Balaban J connectivity index is 0.00000192. The van der Waals surface area contributed by atoms with Crippen LogP contribution in [0.25, 0.3) is 5.69 Å². The zero-order valence-electron chi connectivity index (χ0n) is 13.1. The zero-order chi connectivity index (χ0) is 15.4. The zero-order valence-corrected chi connectivity index (χ0v) is 13.9. The van der Waals surface area contributed by atoms with Crippen molar-refractivity contribution in [2.24, 2.45) is 5.92 Å². The molecule has 124 valence electrons. The molecule has 0 bridgehead atoms. The van der Waals surface area contributed by atoms with E-state index in [-0.39, 0.29) is 18.3 Å². The van der Waals surface area contributed by atoms with Gasteiger partial charge in [0, 0.05) is 18.7 Å². The summed E-state index contributed by atoms with van der Waals surface area (Å²) in [6.45, 7) is 2.66. The molecule has 1 aliphatic rings. The van der Waals surface area contributed by atoms with Gasteiger partial charge in [0.2, 0.25) is 0 Å². The second-order valence-corrected chi connectivity index (χ2v) is 5.60. The summed E-state index contributed by atoms with van der Waals surface area (Å²) in [7, 11) is 1.97. The third kappa shape index (κ3) is 4.05. The highest BCUT2D eigenvalue weighted by atomic mass is 35.5. The van der Waals surface area contributed by atoms with Gasteiger partial charge in [-0.3, -0.25) is 4.79 Å². The van der Waals surface area contributed by atoms with E-state index in [2.05, 4.69) is 20.8 Å². The van der Waals surface area contributed by atoms with E-state index in [9.17, 15) is 4.79 Å². The quantitative estimate of drug-likeness (QED) is 0.906. The Kier molecular flexibility index (Phi) is 6.06. The van der Waals surface area contributed by atoms with Crippen molar-refractivity contribution in [1.82, 2.24) is 30.4 Å². The summed E-state index contributed by atoms with van der Waals surface area (Å²) in [5.41, 5.74) is 1.47. The lowest BCUT2D eigenvalue weighted by Gasteiger charge is -2.32. The molecule has 0 radical (unpaired) electrons. The monoisotopic (exact) mass is 336 g/mol. The largest absolute Gasteiger partial charge is 0.339 e. The Bertz CT molecular complexity index is 625. The van der Waals surface area contributed by atoms with E-state index < -0.39 is 0 Å². The van der Waals surface area contributed by atoms with Gasteiger partial charge in [0.25, 0.3) is 5.91 Å². The molecule has 1 aromatic heterocycles. The molecule has 1 N–H and O–H groups in total. The molecule has 0 aliphatic carbocycles. The Morgan fingerprint density at radius 2 is 2.13 bits per heavy atom. The number of aromatic nitrogens is 4. The SMILES string of the molecule is CNCC1CCN(C(=O)c2cccc(-n3cnnn3)c2)CC1.Cl. The normalized spacial score (nSPS) is 15.3. The Labute approximate surface area is 141 Å². The predicted octanol–water partition coefficient (Wildman–Crippen LogP) is 1.16. The third-order valence-corrected chi connectivity index (χ3v) is 4.10. The summed E-state index contributed by atoms with van der Waals surface area (Å²) in [6, 6.07) is 7.42. The van der Waals surface area contributed by atoms with Crippen LogP contribution in [0.15, 0.2) is 30.6 Å². The second kappa shape index (κ2) is 8.03. The van der Waals surface area contributed by atoms with Gasteiger partial charge in [0.15, 0.2) is 0 Å². The van der Waals surface area contributed by atoms with E-state index in [1.165, 1.54) is 6.33 Å². The first kappa shape index (κ1) is 17.4. The first-order valence-electron chi connectivity index (χ1n) is 7.55. The van der Waals surface area contributed by atoms with E-state index >= 15 is 0 Å². The molecule has 0 atom stereocenters. The Morgan fingerprint density at radius 3 is 2.78 bits per heavy atom. The lowest BCUT2D eigenvalue weighted by molar-refractivity contribution is 0.0691.